The van der Waals surface area contributed by atoms with Crippen molar-refractivity contribution in [2.75, 3.05) is 18.0 Å². The Labute approximate surface area is 137 Å². The maximum Gasteiger partial charge on any atom is 0.295 e. The molecule has 2 aromatic carbocycles. The van der Waals surface area contributed by atoms with E-state index in [-0.39, 0.29) is 4.90 Å². The quantitative estimate of drug-likeness (QED) is 0.649. The van der Waals surface area contributed by atoms with Crippen LogP contribution >= 0.6 is 0 Å². The Balaban J connectivity index is 2.25. The lowest BCUT2D eigenvalue weighted by molar-refractivity contribution is 0.483. The molecule has 0 fully saturated rings. The zero-order valence-corrected chi connectivity index (χ0v) is 14.0. The number of rotatable bonds is 6. The maximum atomic E-state index is 11.3. The second-order valence-corrected chi connectivity index (χ2v) is 6.35. The van der Waals surface area contributed by atoms with Gasteiger partial charge in [-0.2, -0.15) is 8.42 Å². The van der Waals surface area contributed by atoms with E-state index >= 15 is 0 Å². The largest absolute Gasteiger partial charge is 0.372 e. The smallest absolute Gasteiger partial charge is 0.295 e. The summed E-state index contributed by atoms with van der Waals surface area (Å²) in [6.07, 6.45) is 1.44. The summed E-state index contributed by atoms with van der Waals surface area (Å²) in [5, 5.41) is 0. The molecular weight excluding hydrogens is 312 g/mol. The number of benzene rings is 2. The van der Waals surface area contributed by atoms with Crippen molar-refractivity contribution < 1.29 is 13.0 Å². The van der Waals surface area contributed by atoms with Crippen molar-refractivity contribution >= 4 is 27.7 Å². The summed E-state index contributed by atoms with van der Waals surface area (Å²) in [5.41, 5.74) is 2.18. The maximum absolute atomic E-state index is 11.3. The second kappa shape index (κ2) is 7.39. The molecule has 2 aromatic rings. The zero-order chi connectivity index (χ0) is 16.9. The molecule has 0 unspecified atom stereocenters. The third-order valence-corrected chi connectivity index (χ3v) is 4.46. The van der Waals surface area contributed by atoms with Crippen molar-refractivity contribution in [1.82, 2.24) is 0 Å². The van der Waals surface area contributed by atoms with Crippen molar-refractivity contribution in [2.45, 2.75) is 18.7 Å². The van der Waals surface area contributed by atoms with Crippen molar-refractivity contribution in [3.05, 3.63) is 54.1 Å². The molecule has 0 aliphatic carbocycles. The van der Waals surface area contributed by atoms with Gasteiger partial charge in [-0.15, -0.1) is 0 Å². The highest BCUT2D eigenvalue weighted by Crippen LogP contribution is 2.20. The molecular formula is C17H20N2O3S. The Kier molecular flexibility index (Phi) is 5.52. The predicted molar refractivity (Wildman–Crippen MR) is 93.5 cm³/mol. The molecule has 0 spiro atoms. The molecule has 0 saturated heterocycles. The molecule has 0 amide bonds. The lowest BCUT2D eigenvalue weighted by Crippen LogP contribution is -2.21. The Hall–Kier alpha value is -2.18. The minimum atomic E-state index is -4.26. The van der Waals surface area contributed by atoms with Crippen molar-refractivity contribution in [3.63, 3.8) is 0 Å². The van der Waals surface area contributed by atoms with Crippen LogP contribution in [0, 0.1) is 0 Å². The standard InChI is InChI=1S/C17H20N2O3S/c1-3-19(4-2)16-11-9-15(10-12-16)18-13-14-7-5-6-8-17(14)23(20,21)22/h5-13H,3-4H2,1-2H3,(H,20,21,22). The van der Waals surface area contributed by atoms with Gasteiger partial charge in [-0.05, 0) is 44.2 Å². The van der Waals surface area contributed by atoms with E-state index in [0.29, 0.717) is 11.3 Å². The Morgan fingerprint density at radius 3 is 2.22 bits per heavy atom. The molecule has 5 nitrogen and oxygen atoms in total. The van der Waals surface area contributed by atoms with Gasteiger partial charge in [0.25, 0.3) is 10.1 Å². The third-order valence-electron chi connectivity index (χ3n) is 3.53. The van der Waals surface area contributed by atoms with Crippen LogP contribution in [0.3, 0.4) is 0 Å². The molecule has 0 atom stereocenters. The van der Waals surface area contributed by atoms with Crippen LogP contribution in [0.5, 0.6) is 0 Å². The van der Waals surface area contributed by atoms with Crippen LogP contribution in [0.2, 0.25) is 0 Å². The molecule has 2 rings (SSSR count). The summed E-state index contributed by atoms with van der Waals surface area (Å²) in [7, 11) is -4.26. The lowest BCUT2D eigenvalue weighted by Gasteiger charge is -2.20. The molecule has 0 aromatic heterocycles. The lowest BCUT2D eigenvalue weighted by atomic mass is 10.2. The van der Waals surface area contributed by atoms with Crippen LogP contribution in [0.4, 0.5) is 11.4 Å². The van der Waals surface area contributed by atoms with Gasteiger partial charge in [0.1, 0.15) is 4.90 Å². The van der Waals surface area contributed by atoms with E-state index in [1.165, 1.54) is 12.3 Å². The van der Waals surface area contributed by atoms with Crippen molar-refractivity contribution in [3.8, 4) is 0 Å². The van der Waals surface area contributed by atoms with Gasteiger partial charge in [0, 0.05) is 30.6 Å². The normalized spacial score (nSPS) is 11.8. The summed E-state index contributed by atoms with van der Waals surface area (Å²) < 4.78 is 31.9. The van der Waals surface area contributed by atoms with Crippen LogP contribution in [-0.4, -0.2) is 32.3 Å². The summed E-state index contributed by atoms with van der Waals surface area (Å²) in [5.74, 6) is 0. The Morgan fingerprint density at radius 2 is 1.65 bits per heavy atom. The highest BCUT2D eigenvalue weighted by atomic mass is 32.2. The fourth-order valence-electron chi connectivity index (χ4n) is 2.30. The van der Waals surface area contributed by atoms with Crippen molar-refractivity contribution in [1.29, 1.82) is 0 Å². The molecule has 0 aliphatic heterocycles. The van der Waals surface area contributed by atoms with Gasteiger partial charge in [-0.1, -0.05) is 18.2 Å². The fourth-order valence-corrected chi connectivity index (χ4v) is 2.97. The van der Waals surface area contributed by atoms with Crippen LogP contribution in [-0.2, 0) is 10.1 Å². The van der Waals surface area contributed by atoms with E-state index in [0.717, 1.165) is 18.8 Å². The predicted octanol–water partition coefficient (Wildman–Crippen LogP) is 3.53. The van der Waals surface area contributed by atoms with Crippen molar-refractivity contribution in [2.24, 2.45) is 4.99 Å². The van der Waals surface area contributed by atoms with Gasteiger partial charge in [-0.25, -0.2) is 0 Å². The van der Waals surface area contributed by atoms with E-state index < -0.39 is 10.1 Å². The van der Waals surface area contributed by atoms with Gasteiger partial charge >= 0.3 is 0 Å². The van der Waals surface area contributed by atoms with E-state index in [4.69, 9.17) is 0 Å². The molecule has 122 valence electrons. The highest BCUT2D eigenvalue weighted by Gasteiger charge is 2.12. The molecule has 0 aliphatic rings. The first-order valence-electron chi connectivity index (χ1n) is 7.41. The minimum absolute atomic E-state index is 0.150. The molecule has 6 heteroatoms. The Bertz CT molecular complexity index is 780. The first-order valence-corrected chi connectivity index (χ1v) is 8.85. The highest BCUT2D eigenvalue weighted by molar-refractivity contribution is 7.86. The number of hydrogen-bond acceptors (Lipinski definition) is 4. The van der Waals surface area contributed by atoms with Crippen LogP contribution in [0.15, 0.2) is 58.4 Å². The second-order valence-electron chi connectivity index (χ2n) is 4.96. The van der Waals surface area contributed by atoms with Gasteiger partial charge in [-0.3, -0.25) is 9.55 Å². The first kappa shape index (κ1) is 17.2. The van der Waals surface area contributed by atoms with Crippen LogP contribution in [0.25, 0.3) is 0 Å². The molecule has 0 heterocycles. The van der Waals surface area contributed by atoms with Crippen LogP contribution < -0.4 is 4.90 Å². The average molecular weight is 332 g/mol. The molecule has 1 N–H and O–H groups in total. The SMILES string of the molecule is CCN(CC)c1ccc(N=Cc2ccccc2S(=O)(=O)O)cc1. The van der Waals surface area contributed by atoms with Crippen LogP contribution in [0.1, 0.15) is 19.4 Å². The van der Waals surface area contributed by atoms with Gasteiger partial charge in [0.2, 0.25) is 0 Å². The average Bonchev–Trinajstić information content (AvgIpc) is 2.54. The number of aliphatic imine (C=N–C) groups is 1. The molecule has 0 radical (unpaired) electrons. The first-order chi connectivity index (χ1) is 11.0. The molecule has 23 heavy (non-hydrogen) atoms. The number of anilines is 1. The van der Waals surface area contributed by atoms with E-state index in [1.807, 2.05) is 24.3 Å². The summed E-state index contributed by atoms with van der Waals surface area (Å²) in [4.78, 5) is 6.36. The summed E-state index contributed by atoms with van der Waals surface area (Å²) in [6, 6.07) is 13.9. The number of hydrogen-bond donors (Lipinski definition) is 1. The summed E-state index contributed by atoms with van der Waals surface area (Å²) >= 11 is 0. The third kappa shape index (κ3) is 4.40. The summed E-state index contributed by atoms with van der Waals surface area (Å²) in [6.45, 7) is 6.06. The van der Waals surface area contributed by atoms with E-state index in [2.05, 4.69) is 23.7 Å². The van der Waals surface area contributed by atoms with Gasteiger partial charge in [0.15, 0.2) is 0 Å². The van der Waals surface area contributed by atoms with E-state index in [1.54, 1.807) is 18.2 Å². The number of nitrogens with zero attached hydrogens (tertiary/aromatic N) is 2. The minimum Gasteiger partial charge on any atom is -0.372 e. The monoisotopic (exact) mass is 332 g/mol. The molecule has 0 saturated carbocycles. The molecule has 0 bridgehead atoms. The fraction of sp³-hybridized carbons (Fsp3) is 0.235. The zero-order valence-electron chi connectivity index (χ0n) is 13.2. The topological polar surface area (TPSA) is 70.0 Å². The Morgan fingerprint density at radius 1 is 1.04 bits per heavy atom. The van der Waals surface area contributed by atoms with E-state index in [9.17, 15) is 13.0 Å². The van der Waals surface area contributed by atoms with Gasteiger partial charge < -0.3 is 4.90 Å². The van der Waals surface area contributed by atoms with Gasteiger partial charge in [0.05, 0.1) is 5.69 Å².